The van der Waals surface area contributed by atoms with E-state index >= 15 is 0 Å². The topological polar surface area (TPSA) is 74.7 Å². The smallest absolute Gasteiger partial charge is 0.153 e. The highest BCUT2D eigenvalue weighted by Gasteiger charge is 2.06. The first-order chi connectivity index (χ1) is 8.22. The van der Waals surface area contributed by atoms with Crippen LogP contribution in [0.15, 0.2) is 36.5 Å². The van der Waals surface area contributed by atoms with Crippen LogP contribution in [0.2, 0.25) is 0 Å². The van der Waals surface area contributed by atoms with Gasteiger partial charge >= 0.3 is 0 Å². The lowest BCUT2D eigenvalue weighted by Crippen LogP contribution is -2.01. The van der Waals surface area contributed by atoms with Crippen molar-refractivity contribution >= 4 is 17.2 Å². The van der Waals surface area contributed by atoms with E-state index in [2.05, 4.69) is 16.4 Å². The molecule has 1 aromatic heterocycles. The number of nitrogens with two attached hydrogens (primary N) is 1. The summed E-state index contributed by atoms with van der Waals surface area (Å²) < 4.78 is 0. The van der Waals surface area contributed by atoms with Crippen molar-refractivity contribution in [3.63, 3.8) is 0 Å². The third-order valence-corrected chi connectivity index (χ3v) is 2.51. The lowest BCUT2D eigenvalue weighted by atomic mass is 10.2. The fraction of sp³-hybridized carbons (Fsp3) is 0.0769. The van der Waals surface area contributed by atoms with Crippen LogP contribution in [0.1, 0.15) is 11.1 Å². The van der Waals surface area contributed by atoms with E-state index in [-0.39, 0.29) is 0 Å². The molecule has 0 saturated heterocycles. The number of anilines is 3. The Morgan fingerprint density at radius 2 is 2.06 bits per heavy atom. The van der Waals surface area contributed by atoms with Crippen molar-refractivity contribution in [2.24, 2.45) is 0 Å². The minimum atomic E-state index is 0.565. The normalized spacial score (nSPS) is 9.65. The van der Waals surface area contributed by atoms with Crippen molar-refractivity contribution in [1.82, 2.24) is 4.98 Å². The van der Waals surface area contributed by atoms with Crippen molar-refractivity contribution in [3.05, 3.63) is 47.7 Å². The predicted molar refractivity (Wildman–Crippen MR) is 67.8 cm³/mol. The first-order valence-electron chi connectivity index (χ1n) is 5.19. The Kier molecular flexibility index (Phi) is 2.93. The molecule has 1 aromatic carbocycles. The van der Waals surface area contributed by atoms with Gasteiger partial charge in [-0.25, -0.2) is 4.98 Å². The SMILES string of the molecule is Cc1ccnc(Nc2ccccc2C#N)c1N. The molecule has 0 bridgehead atoms. The molecule has 4 heteroatoms. The van der Waals surface area contributed by atoms with Crippen LogP contribution in [-0.4, -0.2) is 4.98 Å². The number of aromatic nitrogens is 1. The predicted octanol–water partition coefficient (Wildman–Crippen LogP) is 2.59. The van der Waals surface area contributed by atoms with Gasteiger partial charge in [0.2, 0.25) is 0 Å². The average molecular weight is 224 g/mol. The summed E-state index contributed by atoms with van der Waals surface area (Å²) in [5, 5.41) is 12.1. The zero-order valence-electron chi connectivity index (χ0n) is 9.44. The minimum absolute atomic E-state index is 0.565. The molecule has 17 heavy (non-hydrogen) atoms. The lowest BCUT2D eigenvalue weighted by Gasteiger charge is -2.10. The molecule has 2 rings (SSSR count). The standard InChI is InChI=1S/C13H12N4/c1-9-6-7-16-13(12(9)15)17-11-5-3-2-4-10(11)8-14/h2-7H,15H2,1H3,(H,16,17). The second-order valence-electron chi connectivity index (χ2n) is 3.67. The number of rotatable bonds is 2. The summed E-state index contributed by atoms with van der Waals surface area (Å²) in [5.74, 6) is 0.577. The molecular weight excluding hydrogens is 212 g/mol. The zero-order chi connectivity index (χ0) is 12.3. The molecule has 0 amide bonds. The van der Waals surface area contributed by atoms with Crippen LogP contribution in [0.5, 0.6) is 0 Å². The molecule has 0 aliphatic carbocycles. The monoisotopic (exact) mass is 224 g/mol. The third kappa shape index (κ3) is 2.18. The van der Waals surface area contributed by atoms with Gasteiger partial charge in [0, 0.05) is 6.20 Å². The molecule has 0 fully saturated rings. The number of nitriles is 1. The zero-order valence-corrected chi connectivity index (χ0v) is 9.44. The summed E-state index contributed by atoms with van der Waals surface area (Å²) in [4.78, 5) is 4.16. The van der Waals surface area contributed by atoms with Gasteiger partial charge in [0.15, 0.2) is 5.82 Å². The van der Waals surface area contributed by atoms with Gasteiger partial charge in [-0.2, -0.15) is 5.26 Å². The number of aryl methyl sites for hydroxylation is 1. The Morgan fingerprint density at radius 3 is 2.82 bits per heavy atom. The van der Waals surface area contributed by atoms with Gasteiger partial charge in [-0.05, 0) is 30.7 Å². The van der Waals surface area contributed by atoms with Gasteiger partial charge in [0.25, 0.3) is 0 Å². The highest BCUT2D eigenvalue weighted by molar-refractivity contribution is 5.73. The van der Waals surface area contributed by atoms with Gasteiger partial charge in [0.1, 0.15) is 6.07 Å². The number of pyridine rings is 1. The van der Waals surface area contributed by atoms with Gasteiger partial charge in [0.05, 0.1) is 16.9 Å². The third-order valence-electron chi connectivity index (χ3n) is 2.51. The van der Waals surface area contributed by atoms with E-state index in [1.807, 2.05) is 31.2 Å². The Hall–Kier alpha value is -2.54. The van der Waals surface area contributed by atoms with Crippen LogP contribution in [0.3, 0.4) is 0 Å². The molecule has 0 aliphatic heterocycles. The second-order valence-corrected chi connectivity index (χ2v) is 3.67. The number of hydrogen-bond donors (Lipinski definition) is 2. The van der Waals surface area contributed by atoms with Crippen molar-refractivity contribution in [1.29, 1.82) is 5.26 Å². The lowest BCUT2D eigenvalue weighted by molar-refractivity contribution is 1.27. The second kappa shape index (κ2) is 4.54. The van der Waals surface area contributed by atoms with Crippen molar-refractivity contribution in [2.75, 3.05) is 11.1 Å². The Labute approximate surface area is 99.7 Å². The van der Waals surface area contributed by atoms with Crippen LogP contribution in [-0.2, 0) is 0 Å². The maximum absolute atomic E-state index is 8.98. The Morgan fingerprint density at radius 1 is 1.29 bits per heavy atom. The quantitative estimate of drug-likeness (QED) is 0.822. The summed E-state index contributed by atoms with van der Waals surface area (Å²) in [6, 6.07) is 11.2. The molecule has 84 valence electrons. The Balaban J connectivity index is 2.39. The molecule has 4 nitrogen and oxygen atoms in total. The van der Waals surface area contributed by atoms with E-state index in [0.717, 1.165) is 5.56 Å². The van der Waals surface area contributed by atoms with Crippen LogP contribution in [0.4, 0.5) is 17.2 Å². The van der Waals surface area contributed by atoms with Gasteiger partial charge < -0.3 is 11.1 Å². The highest BCUT2D eigenvalue weighted by atomic mass is 15.0. The molecule has 0 spiro atoms. The molecular formula is C13H12N4. The van der Waals surface area contributed by atoms with E-state index in [4.69, 9.17) is 11.0 Å². The molecule has 1 heterocycles. The summed E-state index contributed by atoms with van der Waals surface area (Å²) in [6.07, 6.45) is 1.68. The van der Waals surface area contributed by atoms with Crippen LogP contribution in [0, 0.1) is 18.3 Å². The van der Waals surface area contributed by atoms with Crippen molar-refractivity contribution in [3.8, 4) is 6.07 Å². The maximum atomic E-state index is 8.98. The van der Waals surface area contributed by atoms with Crippen LogP contribution in [0.25, 0.3) is 0 Å². The van der Waals surface area contributed by atoms with Crippen LogP contribution >= 0.6 is 0 Å². The molecule has 0 saturated carbocycles. The van der Waals surface area contributed by atoms with E-state index in [9.17, 15) is 0 Å². The Bertz CT molecular complexity index is 584. The number of benzene rings is 1. The van der Waals surface area contributed by atoms with Crippen molar-refractivity contribution < 1.29 is 0 Å². The largest absolute Gasteiger partial charge is 0.396 e. The first-order valence-corrected chi connectivity index (χ1v) is 5.19. The maximum Gasteiger partial charge on any atom is 0.153 e. The minimum Gasteiger partial charge on any atom is -0.396 e. The fourth-order valence-corrected chi connectivity index (χ4v) is 1.49. The summed E-state index contributed by atoms with van der Waals surface area (Å²) in [7, 11) is 0. The summed E-state index contributed by atoms with van der Waals surface area (Å²) in [6.45, 7) is 1.92. The van der Waals surface area contributed by atoms with E-state index in [1.54, 1.807) is 12.3 Å². The van der Waals surface area contributed by atoms with Gasteiger partial charge in [-0.15, -0.1) is 0 Å². The molecule has 3 N–H and O–H groups in total. The number of nitrogen functional groups attached to an aromatic ring is 1. The average Bonchev–Trinajstić information content (AvgIpc) is 2.35. The van der Waals surface area contributed by atoms with E-state index in [1.165, 1.54) is 0 Å². The molecule has 0 unspecified atom stereocenters. The van der Waals surface area contributed by atoms with Crippen LogP contribution < -0.4 is 11.1 Å². The number of hydrogen-bond acceptors (Lipinski definition) is 4. The highest BCUT2D eigenvalue weighted by Crippen LogP contribution is 2.24. The van der Waals surface area contributed by atoms with Crippen molar-refractivity contribution in [2.45, 2.75) is 6.92 Å². The molecule has 2 aromatic rings. The number of nitrogens with zero attached hydrogens (tertiary/aromatic N) is 2. The molecule has 0 atom stereocenters. The molecule has 0 aliphatic rings. The number of para-hydroxylation sites is 1. The van der Waals surface area contributed by atoms with E-state index in [0.29, 0.717) is 22.8 Å². The summed E-state index contributed by atoms with van der Waals surface area (Å²) >= 11 is 0. The van der Waals surface area contributed by atoms with E-state index < -0.39 is 0 Å². The fourth-order valence-electron chi connectivity index (χ4n) is 1.49. The van der Waals surface area contributed by atoms with Gasteiger partial charge in [-0.3, -0.25) is 0 Å². The number of nitrogens with one attached hydrogen (secondary N) is 1. The first kappa shape index (κ1) is 11.0. The van der Waals surface area contributed by atoms with Gasteiger partial charge in [-0.1, -0.05) is 12.1 Å². The summed E-state index contributed by atoms with van der Waals surface area (Å²) in [5.41, 5.74) is 8.74. The molecule has 0 radical (unpaired) electrons.